The second-order valence-corrected chi connectivity index (χ2v) is 32.9. The van der Waals surface area contributed by atoms with E-state index in [1.165, 1.54) is 115 Å². The molecule has 6 rings (SSSR count). The van der Waals surface area contributed by atoms with Gasteiger partial charge in [0.2, 0.25) is 26.0 Å². The molecule has 0 radical (unpaired) electrons. The Balaban J connectivity index is 0.000000378. The number of ether oxygens (including phenoxy) is 6. The van der Waals surface area contributed by atoms with Crippen LogP contribution in [0.15, 0.2) is 52.3 Å². The summed E-state index contributed by atoms with van der Waals surface area (Å²) in [4.78, 5) is 82.9. The summed E-state index contributed by atoms with van der Waals surface area (Å²) in [6, 6.07) is 7.89. The number of hydrogen-bond donors (Lipinski definition) is 0. The minimum absolute atomic E-state index is 0.0152. The number of benzene rings is 1. The third-order valence-corrected chi connectivity index (χ3v) is 20.2. The molecule has 3 aromatic rings. The number of hydrogen-bond acceptors (Lipinski definition) is 22. The number of esters is 4. The van der Waals surface area contributed by atoms with E-state index in [4.69, 9.17) is 55.6 Å². The summed E-state index contributed by atoms with van der Waals surface area (Å²) in [5.74, 6) is -10.7. The first kappa shape index (κ1) is 89.2. The Morgan fingerprint density at radius 2 is 0.923 bits per heavy atom. The molecule has 3 aliphatic heterocycles. The molecule has 0 bridgehead atoms. The standard InChI is InChI=1S/C39H65F2N2O12P.C35H51F2N2O8P/c1-9-10-11-12-13-14-15-16-17-18-19-20-21-31(44)55-34-30(54-35(39(34,40)41)43-23-22-29(2)42-36(43)47)26-51-56(48,52-27-49-32(45)24-37(3,4)5)53-28-50-33(46)25-38(6,7)8;1-4-5-6-7-8-9-10-11-12-13-14-15-16-17-21-31(40)46-32-30(45-33(35(32,36)37)39-23-22-27(3)38-34(39)41)25-44-48(42)43-24-28-26(2)19-18-20-29(28)47-48/h22-23,30,34-35H,9-21,24-28H2,1-8H3;18-20,22-23,30,32-33H,4-17,21,24-25H2,1-3H3/t30-,34-,35-;30-,32-,33-,48?/m11/s1. The van der Waals surface area contributed by atoms with E-state index in [0.29, 0.717) is 45.4 Å². The van der Waals surface area contributed by atoms with Crippen molar-refractivity contribution < 1.29 is 101 Å². The molecule has 3 aliphatic rings. The fraction of sp³-hybridized carbons (Fsp3) is 0.757. The van der Waals surface area contributed by atoms with Crippen LogP contribution in [-0.4, -0.2) is 106 Å². The van der Waals surface area contributed by atoms with E-state index in [1.54, 1.807) is 60.6 Å². The molecule has 0 spiro atoms. The lowest BCUT2D eigenvalue weighted by Crippen LogP contribution is -2.44. The minimum atomic E-state index is -4.84. The van der Waals surface area contributed by atoms with Gasteiger partial charge >= 0.3 is 62.7 Å². The average Bonchev–Trinajstić information content (AvgIpc) is 1.60. The van der Waals surface area contributed by atoms with Crippen molar-refractivity contribution in [2.24, 2.45) is 10.8 Å². The van der Waals surface area contributed by atoms with E-state index in [2.05, 4.69) is 23.8 Å². The average molecular weight is 1520 g/mol. The van der Waals surface area contributed by atoms with Gasteiger partial charge in [0.25, 0.3) is 0 Å². The van der Waals surface area contributed by atoms with Gasteiger partial charge in [-0.05, 0) is 68.2 Å². The lowest BCUT2D eigenvalue weighted by molar-refractivity contribution is -0.177. The van der Waals surface area contributed by atoms with Gasteiger partial charge in [0.05, 0.1) is 32.7 Å². The number of fused-ring (bicyclic) bond motifs is 1. The van der Waals surface area contributed by atoms with Gasteiger partial charge in [0.15, 0.2) is 12.2 Å². The molecule has 0 saturated carbocycles. The van der Waals surface area contributed by atoms with Crippen LogP contribution in [0.5, 0.6) is 5.75 Å². The molecule has 1 aromatic carbocycles. The Morgan fingerprint density at radius 3 is 1.30 bits per heavy atom. The summed E-state index contributed by atoms with van der Waals surface area (Å²) in [5, 5.41) is 0. The van der Waals surface area contributed by atoms with Crippen LogP contribution in [0, 0.1) is 31.6 Å². The topological polar surface area (TPSA) is 283 Å². The number of halogens is 4. The summed E-state index contributed by atoms with van der Waals surface area (Å²) in [6.45, 7) is 16.5. The van der Waals surface area contributed by atoms with Gasteiger partial charge in [-0.1, -0.05) is 222 Å². The normalized spacial score (nSPS) is 20.6. The molecule has 590 valence electrons. The number of rotatable bonds is 46. The van der Waals surface area contributed by atoms with Gasteiger partial charge < -0.3 is 32.9 Å². The van der Waals surface area contributed by atoms with Crippen molar-refractivity contribution in [2.75, 3.05) is 26.8 Å². The van der Waals surface area contributed by atoms with Crippen molar-refractivity contribution >= 4 is 39.5 Å². The van der Waals surface area contributed by atoms with Gasteiger partial charge in [-0.2, -0.15) is 27.5 Å². The number of alkyl halides is 4. The monoisotopic (exact) mass is 1520 g/mol. The first-order chi connectivity index (χ1) is 49.2. The first-order valence-corrected chi connectivity index (χ1v) is 40.2. The molecule has 24 nitrogen and oxygen atoms in total. The molecule has 0 N–H and O–H groups in total. The summed E-state index contributed by atoms with van der Waals surface area (Å²) >= 11 is 0. The maximum atomic E-state index is 16.1. The van der Waals surface area contributed by atoms with Crippen molar-refractivity contribution in [3.8, 4) is 5.75 Å². The number of carbonyl (C=O) groups is 4. The third-order valence-electron chi connectivity index (χ3n) is 17.6. The molecule has 2 aromatic heterocycles. The molecular formula is C74H116F4N4O20P2. The molecule has 104 heavy (non-hydrogen) atoms. The lowest BCUT2D eigenvalue weighted by atomic mass is 9.92. The molecular weight excluding hydrogens is 1400 g/mol. The van der Waals surface area contributed by atoms with Crippen LogP contribution in [-0.2, 0) is 86.0 Å². The van der Waals surface area contributed by atoms with Crippen LogP contribution < -0.4 is 15.9 Å². The largest absolute Gasteiger partial charge is 0.530 e. The number of phosphoric acid groups is 2. The number of phosphoric ester groups is 2. The fourth-order valence-electron chi connectivity index (χ4n) is 11.8. The molecule has 2 saturated heterocycles. The molecule has 0 aliphatic carbocycles. The zero-order chi connectivity index (χ0) is 76.6. The Kier molecular flexibility index (Phi) is 37.8. The van der Waals surface area contributed by atoms with E-state index in [0.717, 1.165) is 69.3 Å². The summed E-state index contributed by atoms with van der Waals surface area (Å²) in [6.07, 6.45) is 18.6. The molecule has 5 heterocycles. The van der Waals surface area contributed by atoms with Crippen molar-refractivity contribution in [2.45, 2.75) is 324 Å². The highest BCUT2D eigenvalue weighted by Gasteiger charge is 2.64. The van der Waals surface area contributed by atoms with Crippen LogP contribution in [0.4, 0.5) is 17.6 Å². The Hall–Kier alpha value is -5.44. The molecule has 0 amide bonds. The van der Waals surface area contributed by atoms with Crippen molar-refractivity contribution in [3.05, 3.63) is 86.2 Å². The molecule has 1 unspecified atom stereocenters. The zero-order valence-corrected chi connectivity index (χ0v) is 64.9. The highest BCUT2D eigenvalue weighted by atomic mass is 31.2. The maximum Gasteiger partial charge on any atom is 0.530 e. The van der Waals surface area contributed by atoms with Gasteiger partial charge in [-0.25, -0.2) is 27.8 Å². The number of aromatic nitrogens is 4. The Labute approximate surface area is 611 Å². The SMILES string of the molecule is CCCCCCCCCCCCCCC(=O)O[C@@H]1[C@@H](COP(=O)(OCOC(=O)CC(C)(C)C)OCOC(=O)CC(C)(C)C)O[C@@H](n2ccc(C)nc2=O)C1(F)F.CCCCCCCCCCCCCCCCC(=O)O[C@@H]1[C@@H](COP2(=O)OCc3c(C)cccc3O2)O[C@@H](n2ccc(C)nc2=O)C1(F)F. The number of nitrogens with zero attached hydrogens (tertiary/aromatic N) is 4. The number of unbranched alkanes of at least 4 members (excludes halogenated alkanes) is 24. The number of carbonyl (C=O) groups excluding carboxylic acids is 4. The predicted octanol–water partition coefficient (Wildman–Crippen LogP) is 18.0. The fourth-order valence-corrected chi connectivity index (χ4v) is 14.0. The van der Waals surface area contributed by atoms with Crippen molar-refractivity contribution in [1.29, 1.82) is 0 Å². The molecule has 2 fully saturated rings. The summed E-state index contributed by atoms with van der Waals surface area (Å²) in [5.41, 5.74) is -0.693. The van der Waals surface area contributed by atoms with Gasteiger partial charge in [0, 0.05) is 42.2 Å². The zero-order valence-electron chi connectivity index (χ0n) is 63.1. The van der Waals surface area contributed by atoms with Gasteiger partial charge in [-0.15, -0.1) is 0 Å². The lowest BCUT2D eigenvalue weighted by Gasteiger charge is -2.27. The highest BCUT2D eigenvalue weighted by molar-refractivity contribution is 7.49. The maximum absolute atomic E-state index is 16.1. The van der Waals surface area contributed by atoms with Crippen LogP contribution in [0.25, 0.3) is 0 Å². The predicted molar refractivity (Wildman–Crippen MR) is 381 cm³/mol. The Bertz CT molecular complexity index is 3310. The summed E-state index contributed by atoms with van der Waals surface area (Å²) in [7, 11) is -9.06. The Morgan fingerprint density at radius 1 is 0.548 bits per heavy atom. The van der Waals surface area contributed by atoms with Crippen molar-refractivity contribution in [1.82, 2.24) is 19.1 Å². The van der Waals surface area contributed by atoms with Crippen molar-refractivity contribution in [3.63, 3.8) is 0 Å². The van der Waals surface area contributed by atoms with Gasteiger partial charge in [-0.3, -0.25) is 41.9 Å². The van der Waals surface area contributed by atoms with E-state index in [9.17, 15) is 37.9 Å². The first-order valence-electron chi connectivity index (χ1n) is 37.3. The van der Waals surface area contributed by atoms with Gasteiger partial charge in [0.1, 0.15) is 18.0 Å². The smallest absolute Gasteiger partial charge is 0.453 e. The number of aryl methyl sites for hydroxylation is 3. The third kappa shape index (κ3) is 31.4. The minimum Gasteiger partial charge on any atom is -0.453 e. The van der Waals surface area contributed by atoms with Crippen LogP contribution in [0.3, 0.4) is 0 Å². The van der Waals surface area contributed by atoms with E-state index >= 15 is 17.6 Å². The van der Waals surface area contributed by atoms with Crippen LogP contribution in [0.1, 0.15) is 283 Å². The second kappa shape index (κ2) is 44.1. The van der Waals surface area contributed by atoms with E-state index < -0.39 is 137 Å². The van der Waals surface area contributed by atoms with Crippen LogP contribution >= 0.6 is 15.6 Å². The molecule has 7 atom stereocenters. The summed E-state index contributed by atoms with van der Waals surface area (Å²) < 4.78 is 156. The quantitative estimate of drug-likeness (QED) is 0.0127. The van der Waals surface area contributed by atoms with E-state index in [-0.39, 0.29) is 38.0 Å². The highest BCUT2D eigenvalue weighted by Crippen LogP contribution is 2.56. The second-order valence-electron chi connectivity index (χ2n) is 29.6. The van der Waals surface area contributed by atoms with Crippen LogP contribution in [0.2, 0.25) is 0 Å². The van der Waals surface area contributed by atoms with E-state index in [1.807, 2.05) is 13.0 Å². The molecule has 30 heteroatoms.